The quantitative estimate of drug-likeness (QED) is 0.697. The Morgan fingerprint density at radius 2 is 1.83 bits per heavy atom. The van der Waals surface area contributed by atoms with Crippen LogP contribution in [-0.2, 0) is 6.42 Å². The molecule has 3 aromatic rings. The molecule has 1 aromatic carbocycles. The summed E-state index contributed by atoms with van der Waals surface area (Å²) in [5.74, 6) is 1.33. The van der Waals surface area contributed by atoms with Crippen molar-refractivity contribution in [2.24, 2.45) is 5.92 Å². The summed E-state index contributed by atoms with van der Waals surface area (Å²) >= 11 is 0. The summed E-state index contributed by atoms with van der Waals surface area (Å²) in [6.07, 6.45) is 8.18. The molecule has 5 nitrogen and oxygen atoms in total. The third kappa shape index (κ3) is 3.99. The van der Waals surface area contributed by atoms with Gasteiger partial charge in [0.05, 0.1) is 11.7 Å². The number of benzene rings is 1. The van der Waals surface area contributed by atoms with E-state index in [4.69, 9.17) is 9.97 Å². The normalized spacial score (nSPS) is 17.7. The molecule has 3 heterocycles. The van der Waals surface area contributed by atoms with Crippen LogP contribution in [0.3, 0.4) is 0 Å². The molecule has 1 saturated heterocycles. The van der Waals surface area contributed by atoms with Crippen LogP contribution >= 0.6 is 0 Å². The van der Waals surface area contributed by atoms with Crippen molar-refractivity contribution in [3.63, 3.8) is 0 Å². The van der Waals surface area contributed by atoms with Gasteiger partial charge >= 0.3 is 0 Å². The molecule has 0 radical (unpaired) electrons. The molecule has 1 N–H and O–H groups in total. The van der Waals surface area contributed by atoms with Crippen molar-refractivity contribution in [3.05, 3.63) is 53.9 Å². The highest BCUT2D eigenvalue weighted by Crippen LogP contribution is 2.33. The molecule has 150 valence electrons. The van der Waals surface area contributed by atoms with E-state index in [1.807, 2.05) is 6.07 Å². The lowest BCUT2D eigenvalue weighted by Gasteiger charge is -2.33. The molecular weight excluding hydrogens is 372 g/mol. The predicted octanol–water partition coefficient (Wildman–Crippen LogP) is 4.34. The first-order valence-corrected chi connectivity index (χ1v) is 10.2. The molecule has 0 unspecified atom stereocenters. The lowest BCUT2D eigenvalue weighted by atomic mass is 9.90. The number of hydrogen-bond acceptors (Lipinski definition) is 5. The third-order valence-corrected chi connectivity index (χ3v) is 5.80. The predicted molar refractivity (Wildman–Crippen MR) is 109 cm³/mol. The summed E-state index contributed by atoms with van der Waals surface area (Å²) in [6.45, 7) is 1.64. The van der Waals surface area contributed by atoms with Gasteiger partial charge in [-0.1, -0.05) is 0 Å². The lowest BCUT2D eigenvalue weighted by Crippen LogP contribution is -2.35. The Morgan fingerprint density at radius 3 is 2.62 bits per heavy atom. The van der Waals surface area contributed by atoms with E-state index in [-0.39, 0.29) is 11.6 Å². The van der Waals surface area contributed by atoms with Crippen molar-refractivity contribution < 1.29 is 8.78 Å². The van der Waals surface area contributed by atoms with Crippen LogP contribution in [0.25, 0.3) is 11.0 Å². The SMILES string of the molecule is Fc1ccc(F)c(CC2CCN(c3nc4cnccc4nc3NC3CC3)CC2)c1. The Morgan fingerprint density at radius 1 is 1.00 bits per heavy atom. The molecule has 7 heteroatoms. The second-order valence-corrected chi connectivity index (χ2v) is 8.05. The number of rotatable bonds is 5. The maximum absolute atomic E-state index is 14.0. The first-order valence-electron chi connectivity index (χ1n) is 10.2. The lowest BCUT2D eigenvalue weighted by molar-refractivity contribution is 0.396. The Kier molecular flexibility index (Phi) is 4.73. The molecule has 1 aliphatic heterocycles. The summed E-state index contributed by atoms with van der Waals surface area (Å²) in [5, 5.41) is 3.51. The topological polar surface area (TPSA) is 53.9 Å². The maximum atomic E-state index is 14.0. The van der Waals surface area contributed by atoms with Gasteiger partial charge in [0.25, 0.3) is 0 Å². The first-order chi connectivity index (χ1) is 14.2. The molecule has 2 aromatic heterocycles. The average molecular weight is 395 g/mol. The van der Waals surface area contributed by atoms with Crippen LogP contribution in [0.4, 0.5) is 20.4 Å². The summed E-state index contributed by atoms with van der Waals surface area (Å²) < 4.78 is 27.4. The Hall–Kier alpha value is -2.83. The van der Waals surface area contributed by atoms with Gasteiger partial charge in [-0.2, -0.15) is 0 Å². The smallest absolute Gasteiger partial charge is 0.172 e. The highest BCUT2D eigenvalue weighted by Gasteiger charge is 2.27. The number of nitrogens with zero attached hydrogens (tertiary/aromatic N) is 4. The minimum absolute atomic E-state index is 0.322. The molecule has 2 fully saturated rings. The molecule has 0 bridgehead atoms. The number of fused-ring (bicyclic) bond motifs is 1. The number of anilines is 2. The average Bonchev–Trinajstić information content (AvgIpc) is 3.55. The van der Waals surface area contributed by atoms with E-state index in [1.165, 1.54) is 18.2 Å². The number of aromatic nitrogens is 3. The summed E-state index contributed by atoms with van der Waals surface area (Å²) in [5.41, 5.74) is 2.09. The molecule has 0 atom stereocenters. The van der Waals surface area contributed by atoms with E-state index in [9.17, 15) is 8.78 Å². The molecule has 29 heavy (non-hydrogen) atoms. The van der Waals surface area contributed by atoms with Crippen LogP contribution in [0, 0.1) is 17.6 Å². The number of halogens is 2. The zero-order valence-electron chi connectivity index (χ0n) is 16.1. The van der Waals surface area contributed by atoms with E-state index >= 15 is 0 Å². The third-order valence-electron chi connectivity index (χ3n) is 5.80. The Labute approximate surface area is 168 Å². The second-order valence-electron chi connectivity index (χ2n) is 8.05. The van der Waals surface area contributed by atoms with E-state index in [1.54, 1.807) is 12.4 Å². The van der Waals surface area contributed by atoms with Gasteiger partial charge in [0.2, 0.25) is 0 Å². The maximum Gasteiger partial charge on any atom is 0.172 e. The van der Waals surface area contributed by atoms with Crippen molar-refractivity contribution in [3.8, 4) is 0 Å². The van der Waals surface area contributed by atoms with E-state index < -0.39 is 0 Å². The summed E-state index contributed by atoms with van der Waals surface area (Å²) in [6, 6.07) is 6.07. The van der Waals surface area contributed by atoms with Crippen molar-refractivity contribution in [1.29, 1.82) is 0 Å². The van der Waals surface area contributed by atoms with Crippen molar-refractivity contribution in [2.45, 2.75) is 38.1 Å². The highest BCUT2D eigenvalue weighted by molar-refractivity contribution is 5.80. The van der Waals surface area contributed by atoms with E-state index in [0.29, 0.717) is 23.9 Å². The fraction of sp³-hybridized carbons (Fsp3) is 0.409. The van der Waals surface area contributed by atoms with Gasteiger partial charge in [0.15, 0.2) is 11.6 Å². The van der Waals surface area contributed by atoms with Crippen molar-refractivity contribution >= 4 is 22.7 Å². The molecule has 2 aliphatic rings. The summed E-state index contributed by atoms with van der Waals surface area (Å²) in [4.78, 5) is 16.1. The van der Waals surface area contributed by atoms with Gasteiger partial charge < -0.3 is 10.2 Å². The van der Waals surface area contributed by atoms with Crippen LogP contribution in [-0.4, -0.2) is 34.1 Å². The molecule has 1 saturated carbocycles. The zero-order chi connectivity index (χ0) is 19.8. The van der Waals surface area contributed by atoms with Gasteiger partial charge in [-0.25, -0.2) is 18.7 Å². The first kappa shape index (κ1) is 18.2. The van der Waals surface area contributed by atoms with Crippen molar-refractivity contribution in [1.82, 2.24) is 15.0 Å². The van der Waals surface area contributed by atoms with Gasteiger partial charge in [-0.05, 0) is 67.9 Å². The number of piperidine rings is 1. The molecule has 5 rings (SSSR count). The molecule has 1 aliphatic carbocycles. The fourth-order valence-corrected chi connectivity index (χ4v) is 3.99. The van der Waals surface area contributed by atoms with Crippen LogP contribution in [0.15, 0.2) is 36.7 Å². The number of pyridine rings is 1. The van der Waals surface area contributed by atoms with Gasteiger partial charge in [0, 0.05) is 25.3 Å². The minimum Gasteiger partial charge on any atom is -0.364 e. The van der Waals surface area contributed by atoms with E-state index in [2.05, 4.69) is 15.2 Å². The Balaban J connectivity index is 1.33. The van der Waals surface area contributed by atoms with Crippen LogP contribution in [0.2, 0.25) is 0 Å². The van der Waals surface area contributed by atoms with E-state index in [0.717, 1.165) is 61.4 Å². The monoisotopic (exact) mass is 395 g/mol. The summed E-state index contributed by atoms with van der Waals surface area (Å²) in [7, 11) is 0. The standard InChI is InChI=1S/C22H23F2N5/c23-16-1-4-18(24)15(12-16)11-14-6-9-29(10-7-14)22-21(26-17-2-3-17)27-19-5-8-25-13-20(19)28-22/h1,4-5,8,12-14,17H,2-3,6-7,9-11H2,(H,26,27). The van der Waals surface area contributed by atoms with Gasteiger partial charge in [0.1, 0.15) is 17.2 Å². The largest absolute Gasteiger partial charge is 0.364 e. The zero-order valence-corrected chi connectivity index (χ0v) is 16.1. The van der Waals surface area contributed by atoms with Crippen LogP contribution < -0.4 is 10.2 Å². The number of hydrogen-bond donors (Lipinski definition) is 1. The fourth-order valence-electron chi connectivity index (χ4n) is 3.99. The Bertz CT molecular complexity index is 1030. The van der Waals surface area contributed by atoms with Crippen molar-refractivity contribution in [2.75, 3.05) is 23.3 Å². The minimum atomic E-state index is -0.380. The van der Waals surface area contributed by atoms with Gasteiger partial charge in [-0.15, -0.1) is 0 Å². The molecule has 0 amide bonds. The molecular formula is C22H23F2N5. The van der Waals surface area contributed by atoms with Crippen LogP contribution in [0.1, 0.15) is 31.2 Å². The van der Waals surface area contributed by atoms with Gasteiger partial charge in [-0.3, -0.25) is 4.98 Å². The van der Waals surface area contributed by atoms with Crippen LogP contribution in [0.5, 0.6) is 0 Å². The molecule has 0 spiro atoms. The highest BCUT2D eigenvalue weighted by atomic mass is 19.1. The second kappa shape index (κ2) is 7.54. The number of nitrogens with one attached hydrogen (secondary N) is 1.